The van der Waals surface area contributed by atoms with Gasteiger partial charge in [0, 0.05) is 12.1 Å². The smallest absolute Gasteiger partial charge is 0.246 e. The van der Waals surface area contributed by atoms with E-state index in [2.05, 4.69) is 5.32 Å². The van der Waals surface area contributed by atoms with Crippen molar-refractivity contribution in [3.05, 3.63) is 29.8 Å². The molecular weight excluding hydrogens is 256 g/mol. The molecule has 0 spiro atoms. The van der Waals surface area contributed by atoms with Gasteiger partial charge in [-0.3, -0.25) is 19.8 Å². The Bertz CT molecular complexity index is 544. The van der Waals surface area contributed by atoms with Gasteiger partial charge in [-0.15, -0.1) is 0 Å². The highest BCUT2D eigenvalue weighted by atomic mass is 16.5. The molecule has 2 heterocycles. The molecule has 1 aromatic carbocycles. The van der Waals surface area contributed by atoms with Gasteiger partial charge in [0.15, 0.2) is 0 Å². The van der Waals surface area contributed by atoms with Crippen LogP contribution in [0, 0.1) is 0 Å². The monoisotopic (exact) mass is 274 g/mol. The quantitative estimate of drug-likeness (QED) is 0.839. The molecule has 1 saturated heterocycles. The van der Waals surface area contributed by atoms with E-state index in [0.29, 0.717) is 13.2 Å². The number of imide groups is 1. The summed E-state index contributed by atoms with van der Waals surface area (Å²) in [4.78, 5) is 25.4. The fraction of sp³-hybridized carbons (Fsp3) is 0.467. The van der Waals surface area contributed by atoms with Crippen LogP contribution in [-0.4, -0.2) is 35.9 Å². The third kappa shape index (κ3) is 2.18. The minimum Gasteiger partial charge on any atom is -0.491 e. The highest BCUT2D eigenvalue weighted by molar-refractivity contribution is 6.05. The van der Waals surface area contributed by atoms with Crippen LogP contribution in [0.2, 0.25) is 0 Å². The lowest BCUT2D eigenvalue weighted by Crippen LogP contribution is -2.41. The third-order valence-electron chi connectivity index (χ3n) is 3.79. The van der Waals surface area contributed by atoms with Gasteiger partial charge in [-0.25, -0.2) is 0 Å². The minimum absolute atomic E-state index is 0.0190. The van der Waals surface area contributed by atoms with Crippen LogP contribution in [0.4, 0.5) is 0 Å². The molecule has 1 N–H and O–H groups in total. The van der Waals surface area contributed by atoms with Crippen LogP contribution in [-0.2, 0) is 9.59 Å². The molecule has 5 heteroatoms. The zero-order valence-corrected chi connectivity index (χ0v) is 11.5. The number of hydrogen-bond donors (Lipinski definition) is 1. The Hall–Kier alpha value is -1.88. The molecule has 3 rings (SSSR count). The molecule has 5 nitrogen and oxygen atoms in total. The Morgan fingerprint density at radius 3 is 2.90 bits per heavy atom. The number of nitrogens with one attached hydrogen (secondary N) is 1. The summed E-state index contributed by atoms with van der Waals surface area (Å²) >= 11 is 0. The summed E-state index contributed by atoms with van der Waals surface area (Å²) in [5.41, 5.74) is 1.06. The maximum Gasteiger partial charge on any atom is 0.246 e. The molecule has 1 fully saturated rings. The van der Waals surface area contributed by atoms with E-state index >= 15 is 0 Å². The lowest BCUT2D eigenvalue weighted by molar-refractivity contribution is -0.138. The summed E-state index contributed by atoms with van der Waals surface area (Å²) in [7, 11) is 0. The molecule has 106 valence electrons. The van der Waals surface area contributed by atoms with E-state index in [-0.39, 0.29) is 24.3 Å². The molecule has 2 atom stereocenters. The number of para-hydroxylation sites is 1. The first-order chi connectivity index (χ1) is 9.70. The predicted octanol–water partition coefficient (Wildman–Crippen LogP) is 1.25. The Kier molecular flexibility index (Phi) is 3.44. The van der Waals surface area contributed by atoms with Crippen LogP contribution in [0.1, 0.15) is 31.4 Å². The van der Waals surface area contributed by atoms with E-state index in [1.54, 1.807) is 0 Å². The molecule has 2 amide bonds. The zero-order valence-electron chi connectivity index (χ0n) is 11.5. The molecule has 2 aliphatic rings. The third-order valence-corrected chi connectivity index (χ3v) is 3.79. The highest BCUT2D eigenvalue weighted by Gasteiger charge is 2.40. The Morgan fingerprint density at radius 2 is 2.10 bits per heavy atom. The molecule has 2 aliphatic heterocycles. The predicted molar refractivity (Wildman–Crippen MR) is 73.2 cm³/mol. The van der Waals surface area contributed by atoms with E-state index in [4.69, 9.17) is 4.74 Å². The van der Waals surface area contributed by atoms with Crippen LogP contribution >= 0.6 is 0 Å². The van der Waals surface area contributed by atoms with Crippen molar-refractivity contribution in [2.45, 2.75) is 31.8 Å². The highest BCUT2D eigenvalue weighted by Crippen LogP contribution is 2.32. The van der Waals surface area contributed by atoms with Crippen LogP contribution in [0.5, 0.6) is 5.75 Å². The summed E-state index contributed by atoms with van der Waals surface area (Å²) in [6, 6.07) is 7.35. The SMILES string of the molecule is CCCN1C(=O)CC(NC2COc3ccccc32)C1=O. The number of fused-ring (bicyclic) bond motifs is 1. The van der Waals surface area contributed by atoms with E-state index in [0.717, 1.165) is 17.7 Å². The molecular formula is C15H18N2O3. The normalized spacial score (nSPS) is 24.9. The number of amides is 2. The van der Waals surface area contributed by atoms with Gasteiger partial charge in [-0.1, -0.05) is 25.1 Å². The van der Waals surface area contributed by atoms with E-state index < -0.39 is 6.04 Å². The topological polar surface area (TPSA) is 58.6 Å². The summed E-state index contributed by atoms with van der Waals surface area (Å²) in [6.07, 6.45) is 1.04. The Labute approximate surface area is 117 Å². The number of likely N-dealkylation sites (tertiary alicyclic amines) is 1. The van der Waals surface area contributed by atoms with Crippen molar-refractivity contribution < 1.29 is 14.3 Å². The molecule has 20 heavy (non-hydrogen) atoms. The molecule has 2 unspecified atom stereocenters. The van der Waals surface area contributed by atoms with E-state index in [1.165, 1.54) is 4.90 Å². The number of nitrogens with zero attached hydrogens (tertiary/aromatic N) is 1. The van der Waals surface area contributed by atoms with Gasteiger partial charge in [0.1, 0.15) is 12.4 Å². The number of rotatable bonds is 4. The average molecular weight is 274 g/mol. The zero-order chi connectivity index (χ0) is 14.1. The Morgan fingerprint density at radius 1 is 1.30 bits per heavy atom. The first kappa shape index (κ1) is 13.1. The summed E-state index contributed by atoms with van der Waals surface area (Å²) in [5, 5.41) is 3.27. The van der Waals surface area contributed by atoms with Gasteiger partial charge in [0.2, 0.25) is 11.8 Å². The van der Waals surface area contributed by atoms with Gasteiger partial charge in [-0.05, 0) is 12.5 Å². The number of carbonyl (C=O) groups is 2. The first-order valence-corrected chi connectivity index (χ1v) is 7.02. The van der Waals surface area contributed by atoms with E-state index in [9.17, 15) is 9.59 Å². The van der Waals surface area contributed by atoms with Gasteiger partial charge >= 0.3 is 0 Å². The van der Waals surface area contributed by atoms with E-state index in [1.807, 2.05) is 31.2 Å². The number of benzene rings is 1. The number of carbonyl (C=O) groups excluding carboxylic acids is 2. The fourth-order valence-electron chi connectivity index (χ4n) is 2.82. The lowest BCUT2D eigenvalue weighted by atomic mass is 10.1. The average Bonchev–Trinajstić information content (AvgIpc) is 2.97. The van der Waals surface area contributed by atoms with Crippen LogP contribution < -0.4 is 10.1 Å². The van der Waals surface area contributed by atoms with Crippen LogP contribution in [0.15, 0.2) is 24.3 Å². The van der Waals surface area contributed by atoms with Gasteiger partial charge in [0.05, 0.1) is 18.5 Å². The Balaban J connectivity index is 1.71. The fourth-order valence-corrected chi connectivity index (χ4v) is 2.82. The molecule has 0 radical (unpaired) electrons. The van der Waals surface area contributed by atoms with Crippen molar-refractivity contribution >= 4 is 11.8 Å². The second kappa shape index (κ2) is 5.25. The second-order valence-corrected chi connectivity index (χ2v) is 5.21. The lowest BCUT2D eigenvalue weighted by Gasteiger charge is -2.17. The van der Waals surface area contributed by atoms with Gasteiger partial charge in [0.25, 0.3) is 0 Å². The second-order valence-electron chi connectivity index (χ2n) is 5.21. The van der Waals surface area contributed by atoms with Crippen molar-refractivity contribution in [2.24, 2.45) is 0 Å². The van der Waals surface area contributed by atoms with Gasteiger partial charge < -0.3 is 4.74 Å². The first-order valence-electron chi connectivity index (χ1n) is 7.02. The van der Waals surface area contributed by atoms with Crippen LogP contribution in [0.25, 0.3) is 0 Å². The molecule has 0 saturated carbocycles. The van der Waals surface area contributed by atoms with Crippen molar-refractivity contribution in [1.29, 1.82) is 0 Å². The van der Waals surface area contributed by atoms with Gasteiger partial charge in [-0.2, -0.15) is 0 Å². The maximum absolute atomic E-state index is 12.2. The van der Waals surface area contributed by atoms with Crippen molar-refractivity contribution in [2.75, 3.05) is 13.2 Å². The maximum atomic E-state index is 12.2. The largest absolute Gasteiger partial charge is 0.491 e. The number of ether oxygens (including phenoxy) is 1. The standard InChI is InChI=1S/C15H18N2O3/c1-2-7-17-14(18)8-11(15(17)19)16-12-9-20-13-6-4-3-5-10(12)13/h3-6,11-12,16H,2,7-9H2,1H3. The summed E-state index contributed by atoms with van der Waals surface area (Å²) < 4.78 is 5.59. The summed E-state index contributed by atoms with van der Waals surface area (Å²) in [5.74, 6) is 0.662. The van der Waals surface area contributed by atoms with Crippen molar-refractivity contribution in [3.8, 4) is 5.75 Å². The molecule has 0 aliphatic carbocycles. The number of hydrogen-bond acceptors (Lipinski definition) is 4. The minimum atomic E-state index is -0.422. The van der Waals surface area contributed by atoms with Crippen molar-refractivity contribution in [3.63, 3.8) is 0 Å². The van der Waals surface area contributed by atoms with Crippen LogP contribution in [0.3, 0.4) is 0 Å². The molecule has 0 bridgehead atoms. The summed E-state index contributed by atoms with van der Waals surface area (Å²) in [6.45, 7) is 2.97. The molecule has 0 aromatic heterocycles. The van der Waals surface area contributed by atoms with Crippen molar-refractivity contribution in [1.82, 2.24) is 10.2 Å². The molecule has 1 aromatic rings.